The van der Waals surface area contributed by atoms with Crippen LogP contribution in [0.1, 0.15) is 32.6 Å². The molecule has 1 unspecified atom stereocenters. The molecule has 11 heteroatoms. The van der Waals surface area contributed by atoms with Crippen LogP contribution in [0, 0.1) is 5.92 Å². The van der Waals surface area contributed by atoms with Crippen LogP contribution < -0.4 is 4.72 Å². The Labute approximate surface area is 162 Å². The van der Waals surface area contributed by atoms with Crippen molar-refractivity contribution < 1.29 is 22.3 Å². The molecule has 0 radical (unpaired) electrons. The lowest BCUT2D eigenvalue weighted by atomic mass is 9.87. The van der Waals surface area contributed by atoms with E-state index in [1.807, 2.05) is 0 Å². The molecule has 1 fully saturated rings. The molecule has 1 aromatic carbocycles. The Morgan fingerprint density at radius 3 is 2.54 bits per heavy atom. The highest BCUT2D eigenvalue weighted by atomic mass is 32.2. The van der Waals surface area contributed by atoms with Gasteiger partial charge in [0.2, 0.25) is 21.8 Å². The van der Waals surface area contributed by atoms with Crippen LogP contribution in [0.2, 0.25) is 0 Å². The number of hydrogen-bond acceptors (Lipinski definition) is 6. The molecule has 28 heavy (non-hydrogen) atoms. The lowest BCUT2D eigenvalue weighted by molar-refractivity contribution is -0.0480. The second kappa shape index (κ2) is 8.18. The molecule has 1 aromatic heterocycles. The molecule has 0 amide bonds. The second-order valence-electron chi connectivity index (χ2n) is 7.19. The van der Waals surface area contributed by atoms with Crippen molar-refractivity contribution in [2.24, 2.45) is 5.92 Å². The van der Waals surface area contributed by atoms with Crippen molar-refractivity contribution in [2.75, 3.05) is 6.54 Å². The summed E-state index contributed by atoms with van der Waals surface area (Å²) in [5, 5.41) is 21.4. The number of nitrogens with one attached hydrogen (secondary N) is 1. The third-order valence-electron chi connectivity index (χ3n) is 4.70. The maximum Gasteiger partial charge on any atom is 0.248 e. The Balaban J connectivity index is 1.64. The van der Waals surface area contributed by atoms with Crippen molar-refractivity contribution in [2.45, 2.75) is 56.1 Å². The van der Waals surface area contributed by atoms with Gasteiger partial charge in [0.1, 0.15) is 0 Å². The van der Waals surface area contributed by atoms with E-state index in [2.05, 4.69) is 20.1 Å². The number of aromatic nitrogens is 4. The molecule has 0 aliphatic heterocycles. The summed E-state index contributed by atoms with van der Waals surface area (Å²) in [6, 6.07) is 5.98. The Hall–Kier alpha value is -1.98. The van der Waals surface area contributed by atoms with E-state index in [4.69, 9.17) is 0 Å². The smallest absolute Gasteiger partial charge is 0.248 e. The van der Waals surface area contributed by atoms with Crippen LogP contribution >= 0.6 is 0 Å². The van der Waals surface area contributed by atoms with E-state index in [0.717, 1.165) is 0 Å². The van der Waals surface area contributed by atoms with Gasteiger partial charge in [-0.2, -0.15) is 4.80 Å². The molecule has 0 saturated heterocycles. The number of aliphatic hydroxyl groups excluding tert-OH is 1. The van der Waals surface area contributed by atoms with Crippen LogP contribution in [-0.2, 0) is 16.6 Å². The first-order valence-corrected chi connectivity index (χ1v) is 10.6. The van der Waals surface area contributed by atoms with Crippen molar-refractivity contribution >= 4 is 10.0 Å². The van der Waals surface area contributed by atoms with Gasteiger partial charge in [-0.05, 0) is 55.2 Å². The molecule has 154 valence electrons. The lowest BCUT2D eigenvalue weighted by Gasteiger charge is -2.27. The zero-order valence-electron chi connectivity index (χ0n) is 15.4. The average molecular weight is 415 g/mol. The topological polar surface area (TPSA) is 110 Å². The van der Waals surface area contributed by atoms with Crippen LogP contribution in [0.4, 0.5) is 8.78 Å². The van der Waals surface area contributed by atoms with Gasteiger partial charge in [0, 0.05) is 24.9 Å². The summed E-state index contributed by atoms with van der Waals surface area (Å²) in [6.45, 7) is 1.84. The molecule has 1 heterocycles. The number of tetrazole rings is 1. The molecule has 1 aliphatic rings. The Bertz CT molecular complexity index is 890. The molecular weight excluding hydrogens is 392 g/mol. The van der Waals surface area contributed by atoms with E-state index in [9.17, 15) is 22.3 Å². The third-order valence-corrected chi connectivity index (χ3v) is 6.14. The number of nitrogens with zero attached hydrogens (tertiary/aromatic N) is 4. The van der Waals surface area contributed by atoms with E-state index in [1.165, 1.54) is 23.9 Å². The fourth-order valence-electron chi connectivity index (χ4n) is 3.05. The quantitative estimate of drug-likeness (QED) is 0.714. The fourth-order valence-corrected chi connectivity index (χ4v) is 4.17. The number of rotatable bonds is 7. The first-order chi connectivity index (χ1) is 13.1. The Morgan fingerprint density at radius 1 is 1.29 bits per heavy atom. The SMILES string of the molecule is CC(O)CNS(=O)(=O)c1ccc(-c2nnn(CC3CCC(F)(F)CC3)n2)cc1. The summed E-state index contributed by atoms with van der Waals surface area (Å²) in [5.74, 6) is -2.14. The zero-order chi connectivity index (χ0) is 20.4. The van der Waals surface area contributed by atoms with Crippen molar-refractivity contribution in [1.29, 1.82) is 0 Å². The minimum Gasteiger partial charge on any atom is -0.392 e. The van der Waals surface area contributed by atoms with Gasteiger partial charge >= 0.3 is 0 Å². The standard InChI is InChI=1S/C17H23F2N5O3S/c1-12(25)10-20-28(26,27)15-4-2-14(3-5-15)16-21-23-24(22-16)11-13-6-8-17(18,19)9-7-13/h2-5,12-13,20,25H,6-11H2,1H3. The van der Waals surface area contributed by atoms with E-state index < -0.39 is 22.0 Å². The maximum atomic E-state index is 13.2. The largest absolute Gasteiger partial charge is 0.392 e. The van der Waals surface area contributed by atoms with Crippen LogP contribution in [0.25, 0.3) is 11.4 Å². The molecule has 8 nitrogen and oxygen atoms in total. The number of alkyl halides is 2. The highest BCUT2D eigenvalue weighted by molar-refractivity contribution is 7.89. The Kier molecular flexibility index (Phi) is 6.06. The summed E-state index contributed by atoms with van der Waals surface area (Å²) < 4.78 is 53.0. The predicted octanol–water partition coefficient (Wildman–Crippen LogP) is 1.82. The van der Waals surface area contributed by atoms with Gasteiger partial charge in [0.15, 0.2) is 0 Å². The number of halogens is 2. The minimum absolute atomic E-state index is 0.0624. The minimum atomic E-state index is -3.71. The summed E-state index contributed by atoms with van der Waals surface area (Å²) in [5.41, 5.74) is 0.593. The second-order valence-corrected chi connectivity index (χ2v) is 8.96. The zero-order valence-corrected chi connectivity index (χ0v) is 16.2. The van der Waals surface area contributed by atoms with Gasteiger partial charge in [-0.1, -0.05) is 0 Å². The van der Waals surface area contributed by atoms with Gasteiger partial charge in [-0.15, -0.1) is 10.2 Å². The molecule has 3 rings (SSSR count). The molecule has 0 bridgehead atoms. The highest BCUT2D eigenvalue weighted by Gasteiger charge is 2.35. The maximum absolute atomic E-state index is 13.2. The number of benzene rings is 1. The monoisotopic (exact) mass is 415 g/mol. The summed E-state index contributed by atoms with van der Waals surface area (Å²) in [4.78, 5) is 1.46. The van der Waals surface area contributed by atoms with Gasteiger partial charge in [0.25, 0.3) is 0 Å². The van der Waals surface area contributed by atoms with Crippen molar-refractivity contribution in [3.05, 3.63) is 24.3 Å². The molecule has 1 aliphatic carbocycles. The van der Waals surface area contributed by atoms with Crippen LogP contribution in [0.15, 0.2) is 29.2 Å². The van der Waals surface area contributed by atoms with E-state index >= 15 is 0 Å². The molecular formula is C17H23F2N5O3S. The summed E-state index contributed by atoms with van der Waals surface area (Å²) in [6.07, 6.45) is -0.161. The summed E-state index contributed by atoms with van der Waals surface area (Å²) >= 11 is 0. The van der Waals surface area contributed by atoms with Crippen LogP contribution in [-0.4, -0.2) is 52.3 Å². The predicted molar refractivity (Wildman–Crippen MR) is 97.0 cm³/mol. The molecule has 2 aromatic rings. The molecule has 2 N–H and O–H groups in total. The Morgan fingerprint density at radius 2 is 1.93 bits per heavy atom. The molecule has 1 saturated carbocycles. The molecule has 1 atom stereocenters. The first-order valence-electron chi connectivity index (χ1n) is 9.08. The van der Waals surface area contributed by atoms with Crippen molar-refractivity contribution in [3.63, 3.8) is 0 Å². The number of sulfonamides is 1. The van der Waals surface area contributed by atoms with Crippen molar-refractivity contribution in [1.82, 2.24) is 24.9 Å². The average Bonchev–Trinajstić information content (AvgIpc) is 3.11. The number of hydrogen-bond donors (Lipinski definition) is 2. The number of aliphatic hydroxyl groups is 1. The van der Waals surface area contributed by atoms with Gasteiger partial charge in [-0.25, -0.2) is 21.9 Å². The van der Waals surface area contributed by atoms with E-state index in [-0.39, 0.29) is 30.2 Å². The van der Waals surface area contributed by atoms with Gasteiger partial charge < -0.3 is 5.11 Å². The third kappa shape index (κ3) is 5.30. The molecule has 0 spiro atoms. The highest BCUT2D eigenvalue weighted by Crippen LogP contribution is 2.36. The lowest BCUT2D eigenvalue weighted by Crippen LogP contribution is -2.30. The van der Waals surface area contributed by atoms with Gasteiger partial charge in [-0.3, -0.25) is 0 Å². The fraction of sp³-hybridized carbons (Fsp3) is 0.588. The van der Waals surface area contributed by atoms with E-state index in [1.54, 1.807) is 12.1 Å². The van der Waals surface area contributed by atoms with Crippen LogP contribution in [0.3, 0.4) is 0 Å². The first kappa shape index (κ1) is 20.7. The summed E-state index contributed by atoms with van der Waals surface area (Å²) in [7, 11) is -3.71. The normalized spacial score (nSPS) is 18.9. The van der Waals surface area contributed by atoms with Gasteiger partial charge in [0.05, 0.1) is 17.5 Å². The van der Waals surface area contributed by atoms with Crippen LogP contribution in [0.5, 0.6) is 0 Å². The van der Waals surface area contributed by atoms with Crippen molar-refractivity contribution in [3.8, 4) is 11.4 Å². The van der Waals surface area contributed by atoms with E-state index in [0.29, 0.717) is 30.8 Å².